The third-order valence-electron chi connectivity index (χ3n) is 4.03. The van der Waals surface area contributed by atoms with E-state index in [-0.39, 0.29) is 18.0 Å². The van der Waals surface area contributed by atoms with Crippen molar-refractivity contribution in [3.05, 3.63) is 87.8 Å². The quantitative estimate of drug-likeness (QED) is 0.691. The SMILES string of the molecule is CCOC(=O)c1nn(-c2ccccc2C)c(=O)cc1NC(=O)c1ccccc1. The van der Waals surface area contributed by atoms with Gasteiger partial charge in [0.1, 0.15) is 0 Å². The van der Waals surface area contributed by atoms with Crippen molar-refractivity contribution < 1.29 is 14.3 Å². The molecule has 28 heavy (non-hydrogen) atoms. The van der Waals surface area contributed by atoms with Crippen LogP contribution in [0.15, 0.2) is 65.5 Å². The van der Waals surface area contributed by atoms with Crippen molar-refractivity contribution in [3.8, 4) is 5.69 Å². The van der Waals surface area contributed by atoms with Crippen LogP contribution in [0.2, 0.25) is 0 Å². The molecule has 1 N–H and O–H groups in total. The first kappa shape index (κ1) is 19.0. The second-order valence-corrected chi connectivity index (χ2v) is 5.98. The lowest BCUT2D eigenvalue weighted by Gasteiger charge is -2.13. The van der Waals surface area contributed by atoms with Crippen LogP contribution < -0.4 is 10.9 Å². The first-order valence-electron chi connectivity index (χ1n) is 8.75. The number of nitrogens with one attached hydrogen (secondary N) is 1. The van der Waals surface area contributed by atoms with Crippen LogP contribution in [0.5, 0.6) is 0 Å². The minimum absolute atomic E-state index is 0.00198. The molecule has 1 amide bonds. The number of benzene rings is 2. The fraction of sp³-hybridized carbons (Fsp3) is 0.143. The Labute approximate surface area is 161 Å². The van der Waals surface area contributed by atoms with Gasteiger partial charge in [-0.1, -0.05) is 36.4 Å². The average molecular weight is 377 g/mol. The van der Waals surface area contributed by atoms with Gasteiger partial charge in [0.05, 0.1) is 18.0 Å². The minimum Gasteiger partial charge on any atom is -0.461 e. The van der Waals surface area contributed by atoms with Gasteiger partial charge in [-0.2, -0.15) is 9.78 Å². The van der Waals surface area contributed by atoms with Gasteiger partial charge in [0, 0.05) is 11.6 Å². The molecule has 0 radical (unpaired) electrons. The number of hydrogen-bond donors (Lipinski definition) is 1. The zero-order chi connectivity index (χ0) is 20.1. The number of aromatic nitrogens is 2. The summed E-state index contributed by atoms with van der Waals surface area (Å²) in [6.45, 7) is 3.63. The molecule has 0 aliphatic heterocycles. The molecular formula is C21H19N3O4. The lowest BCUT2D eigenvalue weighted by atomic mass is 10.2. The molecule has 0 atom stereocenters. The second kappa shape index (κ2) is 8.30. The minimum atomic E-state index is -0.729. The summed E-state index contributed by atoms with van der Waals surface area (Å²) in [6.07, 6.45) is 0. The maximum Gasteiger partial charge on any atom is 0.360 e. The summed E-state index contributed by atoms with van der Waals surface area (Å²) in [4.78, 5) is 37.5. The maximum absolute atomic E-state index is 12.6. The molecule has 0 saturated carbocycles. The summed E-state index contributed by atoms with van der Waals surface area (Å²) >= 11 is 0. The van der Waals surface area contributed by atoms with Gasteiger partial charge in [-0.15, -0.1) is 0 Å². The standard InChI is InChI=1S/C21H19N3O4/c1-3-28-21(27)19-16(22-20(26)15-10-5-4-6-11-15)13-18(25)24(23-19)17-12-8-7-9-14(17)2/h4-13H,3H2,1-2H3,(H,22,26). The summed E-state index contributed by atoms with van der Waals surface area (Å²) in [6, 6.07) is 16.8. The molecule has 0 unspecified atom stereocenters. The smallest absolute Gasteiger partial charge is 0.360 e. The van der Waals surface area contributed by atoms with E-state index in [1.165, 1.54) is 6.07 Å². The third kappa shape index (κ3) is 3.98. The highest BCUT2D eigenvalue weighted by Crippen LogP contribution is 2.16. The Bertz CT molecular complexity index is 1070. The van der Waals surface area contributed by atoms with Crippen LogP contribution in [0.1, 0.15) is 33.3 Å². The Hall–Kier alpha value is -3.74. The number of aryl methyl sites for hydroxylation is 1. The number of para-hydroxylation sites is 1. The van der Waals surface area contributed by atoms with E-state index in [1.54, 1.807) is 49.4 Å². The van der Waals surface area contributed by atoms with Crippen molar-refractivity contribution in [1.29, 1.82) is 0 Å². The van der Waals surface area contributed by atoms with E-state index in [0.717, 1.165) is 10.2 Å². The zero-order valence-corrected chi connectivity index (χ0v) is 15.5. The molecule has 0 saturated heterocycles. The lowest BCUT2D eigenvalue weighted by Crippen LogP contribution is -2.27. The molecule has 1 aromatic heterocycles. The first-order chi connectivity index (χ1) is 13.5. The number of carbonyl (C=O) groups is 2. The van der Waals surface area contributed by atoms with Crippen molar-refractivity contribution in [3.63, 3.8) is 0 Å². The Balaban J connectivity index is 2.08. The van der Waals surface area contributed by atoms with Gasteiger partial charge >= 0.3 is 5.97 Å². The number of carbonyl (C=O) groups excluding carboxylic acids is 2. The molecule has 0 aliphatic carbocycles. The molecule has 2 aromatic carbocycles. The summed E-state index contributed by atoms with van der Waals surface area (Å²) < 4.78 is 6.17. The molecule has 7 heteroatoms. The van der Waals surface area contributed by atoms with Gasteiger partial charge < -0.3 is 10.1 Å². The zero-order valence-electron chi connectivity index (χ0n) is 15.5. The van der Waals surface area contributed by atoms with Crippen LogP contribution in [-0.2, 0) is 4.74 Å². The van der Waals surface area contributed by atoms with Crippen LogP contribution in [0, 0.1) is 6.92 Å². The van der Waals surface area contributed by atoms with E-state index in [9.17, 15) is 14.4 Å². The highest BCUT2D eigenvalue weighted by atomic mass is 16.5. The molecule has 0 spiro atoms. The monoisotopic (exact) mass is 377 g/mol. The normalized spacial score (nSPS) is 10.4. The molecule has 3 rings (SSSR count). The molecule has 142 valence electrons. The highest BCUT2D eigenvalue weighted by molar-refractivity contribution is 6.07. The Kier molecular flexibility index (Phi) is 5.64. The Morgan fingerprint density at radius 2 is 1.75 bits per heavy atom. The van der Waals surface area contributed by atoms with Crippen LogP contribution in [0.4, 0.5) is 5.69 Å². The Morgan fingerprint density at radius 1 is 1.07 bits per heavy atom. The summed E-state index contributed by atoms with van der Waals surface area (Å²) in [5.41, 5.74) is 1.12. The fourth-order valence-corrected chi connectivity index (χ4v) is 2.66. The van der Waals surface area contributed by atoms with Gasteiger partial charge in [-0.25, -0.2) is 4.79 Å². The molecule has 0 bridgehead atoms. The topological polar surface area (TPSA) is 90.3 Å². The van der Waals surface area contributed by atoms with Crippen molar-refractivity contribution in [2.45, 2.75) is 13.8 Å². The lowest BCUT2D eigenvalue weighted by molar-refractivity contribution is 0.0518. The largest absolute Gasteiger partial charge is 0.461 e. The molecule has 0 aliphatic rings. The van der Waals surface area contributed by atoms with E-state index in [1.807, 2.05) is 19.1 Å². The number of nitrogens with zero attached hydrogens (tertiary/aromatic N) is 2. The Morgan fingerprint density at radius 3 is 2.43 bits per heavy atom. The van der Waals surface area contributed by atoms with Gasteiger partial charge in [-0.3, -0.25) is 9.59 Å². The average Bonchev–Trinajstić information content (AvgIpc) is 2.69. The molecule has 1 heterocycles. The number of ether oxygens (including phenoxy) is 1. The van der Waals surface area contributed by atoms with E-state index in [0.29, 0.717) is 11.3 Å². The van der Waals surface area contributed by atoms with Crippen molar-refractivity contribution >= 4 is 17.6 Å². The van der Waals surface area contributed by atoms with Gasteiger partial charge in [0.2, 0.25) is 0 Å². The van der Waals surface area contributed by atoms with Crippen LogP contribution >= 0.6 is 0 Å². The number of hydrogen-bond acceptors (Lipinski definition) is 5. The van der Waals surface area contributed by atoms with Crippen molar-refractivity contribution in [1.82, 2.24) is 9.78 Å². The van der Waals surface area contributed by atoms with E-state index in [4.69, 9.17) is 4.74 Å². The number of amides is 1. The van der Waals surface area contributed by atoms with Gasteiger partial charge in [0.15, 0.2) is 5.69 Å². The molecular weight excluding hydrogens is 358 g/mol. The maximum atomic E-state index is 12.6. The van der Waals surface area contributed by atoms with E-state index >= 15 is 0 Å². The van der Waals surface area contributed by atoms with Gasteiger partial charge in [-0.05, 0) is 37.6 Å². The fourth-order valence-electron chi connectivity index (χ4n) is 2.66. The third-order valence-corrected chi connectivity index (χ3v) is 4.03. The van der Waals surface area contributed by atoms with Crippen LogP contribution in [0.25, 0.3) is 5.69 Å². The van der Waals surface area contributed by atoms with Gasteiger partial charge in [0.25, 0.3) is 11.5 Å². The molecule has 3 aromatic rings. The summed E-state index contributed by atoms with van der Waals surface area (Å²) in [5.74, 6) is -1.19. The second-order valence-electron chi connectivity index (χ2n) is 5.98. The van der Waals surface area contributed by atoms with Crippen LogP contribution in [0.3, 0.4) is 0 Å². The number of anilines is 1. The number of esters is 1. The summed E-state index contributed by atoms with van der Waals surface area (Å²) in [5, 5.41) is 6.77. The van der Waals surface area contributed by atoms with Crippen molar-refractivity contribution in [2.24, 2.45) is 0 Å². The van der Waals surface area contributed by atoms with E-state index in [2.05, 4.69) is 10.4 Å². The summed E-state index contributed by atoms with van der Waals surface area (Å²) in [7, 11) is 0. The van der Waals surface area contributed by atoms with Crippen LogP contribution in [-0.4, -0.2) is 28.3 Å². The number of rotatable bonds is 5. The molecule has 7 nitrogen and oxygen atoms in total. The van der Waals surface area contributed by atoms with Crippen molar-refractivity contribution in [2.75, 3.05) is 11.9 Å². The van der Waals surface area contributed by atoms with E-state index < -0.39 is 17.4 Å². The molecule has 0 fully saturated rings. The first-order valence-corrected chi connectivity index (χ1v) is 8.75. The highest BCUT2D eigenvalue weighted by Gasteiger charge is 2.21. The predicted molar refractivity (Wildman–Crippen MR) is 105 cm³/mol. The predicted octanol–water partition coefficient (Wildman–Crippen LogP) is 2.97.